The van der Waals surface area contributed by atoms with Gasteiger partial charge in [-0.1, -0.05) is 6.07 Å². The Kier molecular flexibility index (Phi) is 9.14. The van der Waals surface area contributed by atoms with Crippen LogP contribution >= 0.6 is 24.8 Å². The number of rotatable bonds is 7. The molecule has 1 aromatic carbocycles. The number of carbonyl (C=O) groups is 2. The molecule has 3 rings (SSSR count). The van der Waals surface area contributed by atoms with E-state index >= 15 is 0 Å². The van der Waals surface area contributed by atoms with Crippen molar-refractivity contribution in [2.45, 2.75) is 12.8 Å². The Hall–Kier alpha value is -2.22. The van der Waals surface area contributed by atoms with Gasteiger partial charge in [-0.15, -0.1) is 24.8 Å². The molecule has 27 heavy (non-hydrogen) atoms. The predicted octanol–water partition coefficient (Wildman–Crippen LogP) is 3.25. The Morgan fingerprint density at radius 2 is 1.85 bits per heavy atom. The third kappa shape index (κ3) is 7.13. The molecule has 1 aliphatic carbocycles. The molecule has 2 amide bonds. The molecule has 0 spiro atoms. The van der Waals surface area contributed by atoms with Crippen molar-refractivity contribution >= 4 is 48.0 Å². The molecule has 1 aliphatic rings. The first-order valence-corrected chi connectivity index (χ1v) is 8.14. The topological polar surface area (TPSA) is 83.1 Å². The Balaban J connectivity index is 0.00000182. The van der Waals surface area contributed by atoms with Crippen molar-refractivity contribution in [1.82, 2.24) is 10.3 Å². The van der Waals surface area contributed by atoms with Gasteiger partial charge in [-0.2, -0.15) is 0 Å². The van der Waals surface area contributed by atoms with Crippen molar-refractivity contribution in [2.24, 2.45) is 5.92 Å². The first-order valence-electron chi connectivity index (χ1n) is 8.14. The number of hydrogen-bond acceptors (Lipinski definition) is 4. The summed E-state index contributed by atoms with van der Waals surface area (Å²) < 4.78 is 13.5. The fourth-order valence-corrected chi connectivity index (χ4v) is 2.32. The van der Waals surface area contributed by atoms with Crippen LogP contribution in [0.2, 0.25) is 0 Å². The third-order valence-corrected chi connectivity index (χ3v) is 3.82. The number of nitrogens with zero attached hydrogens (tertiary/aromatic N) is 1. The summed E-state index contributed by atoms with van der Waals surface area (Å²) in [5, 5.41) is 8.33. The van der Waals surface area contributed by atoms with Crippen LogP contribution in [-0.2, 0) is 4.79 Å². The first kappa shape index (κ1) is 22.8. The summed E-state index contributed by atoms with van der Waals surface area (Å²) in [5.74, 6) is -0.568. The van der Waals surface area contributed by atoms with Gasteiger partial charge in [-0.25, -0.2) is 4.39 Å². The van der Waals surface area contributed by atoms with Crippen molar-refractivity contribution in [3.05, 3.63) is 54.1 Å². The second kappa shape index (κ2) is 10.8. The van der Waals surface area contributed by atoms with Gasteiger partial charge in [0, 0.05) is 6.20 Å². The summed E-state index contributed by atoms with van der Waals surface area (Å²) in [5.41, 5.74) is 0.755. The Morgan fingerprint density at radius 1 is 1.07 bits per heavy atom. The molecule has 1 saturated carbocycles. The number of aromatic nitrogens is 1. The van der Waals surface area contributed by atoms with E-state index in [4.69, 9.17) is 0 Å². The lowest BCUT2D eigenvalue weighted by Gasteiger charge is -2.13. The molecular formula is C18H21Cl2FN4O2. The Bertz CT molecular complexity index is 773. The minimum Gasteiger partial charge on any atom is -0.323 e. The molecule has 0 bridgehead atoms. The SMILES string of the molecule is Cl.Cl.O=C(CNCC1CC1)Nc1cc(F)ccc1NC(=O)c1ccccn1. The van der Waals surface area contributed by atoms with E-state index in [-0.39, 0.29) is 48.6 Å². The highest BCUT2D eigenvalue weighted by molar-refractivity contribution is 6.06. The average Bonchev–Trinajstić information content (AvgIpc) is 3.42. The Labute approximate surface area is 169 Å². The van der Waals surface area contributed by atoms with E-state index < -0.39 is 11.7 Å². The zero-order chi connectivity index (χ0) is 17.6. The standard InChI is InChI=1S/C18H19FN4O2.2ClH/c19-13-6-7-14(23-18(25)15-3-1-2-8-21-15)16(9-13)22-17(24)11-20-10-12-4-5-12;;/h1-3,6-9,12,20H,4-5,10-11H2,(H,22,24)(H,23,25);2*1H. The maximum Gasteiger partial charge on any atom is 0.274 e. The predicted molar refractivity (Wildman–Crippen MR) is 107 cm³/mol. The normalized spacial score (nSPS) is 12.3. The molecule has 9 heteroatoms. The second-order valence-electron chi connectivity index (χ2n) is 5.98. The number of hydrogen-bond donors (Lipinski definition) is 3. The zero-order valence-corrected chi connectivity index (χ0v) is 16.0. The minimum atomic E-state index is -0.503. The lowest BCUT2D eigenvalue weighted by molar-refractivity contribution is -0.115. The van der Waals surface area contributed by atoms with E-state index in [1.165, 1.54) is 37.2 Å². The number of pyridine rings is 1. The third-order valence-electron chi connectivity index (χ3n) is 3.82. The van der Waals surface area contributed by atoms with E-state index in [0.29, 0.717) is 11.6 Å². The largest absolute Gasteiger partial charge is 0.323 e. The second-order valence-corrected chi connectivity index (χ2v) is 5.98. The van der Waals surface area contributed by atoms with Gasteiger partial charge in [-0.05, 0) is 55.6 Å². The number of amides is 2. The van der Waals surface area contributed by atoms with Crippen molar-refractivity contribution in [3.63, 3.8) is 0 Å². The van der Waals surface area contributed by atoms with Crippen LogP contribution in [0.25, 0.3) is 0 Å². The van der Waals surface area contributed by atoms with Crippen LogP contribution in [-0.4, -0.2) is 29.9 Å². The lowest BCUT2D eigenvalue weighted by atomic mass is 10.2. The number of benzene rings is 1. The van der Waals surface area contributed by atoms with Crippen LogP contribution in [0.1, 0.15) is 23.3 Å². The maximum atomic E-state index is 13.5. The highest BCUT2D eigenvalue weighted by atomic mass is 35.5. The molecule has 146 valence electrons. The molecule has 1 fully saturated rings. The van der Waals surface area contributed by atoms with Gasteiger partial charge in [-0.3, -0.25) is 14.6 Å². The van der Waals surface area contributed by atoms with Gasteiger partial charge in [0.05, 0.1) is 17.9 Å². The molecule has 1 aromatic heterocycles. The van der Waals surface area contributed by atoms with E-state index in [1.54, 1.807) is 18.2 Å². The van der Waals surface area contributed by atoms with Gasteiger partial charge < -0.3 is 16.0 Å². The van der Waals surface area contributed by atoms with Gasteiger partial charge >= 0.3 is 0 Å². The van der Waals surface area contributed by atoms with Crippen LogP contribution < -0.4 is 16.0 Å². The van der Waals surface area contributed by atoms with Crippen LogP contribution in [0.4, 0.5) is 15.8 Å². The quantitative estimate of drug-likeness (QED) is 0.649. The summed E-state index contributed by atoms with van der Waals surface area (Å²) in [4.78, 5) is 28.2. The summed E-state index contributed by atoms with van der Waals surface area (Å²) in [6.07, 6.45) is 3.90. The maximum absolute atomic E-state index is 13.5. The highest BCUT2D eigenvalue weighted by Gasteiger charge is 2.20. The number of anilines is 2. The van der Waals surface area contributed by atoms with Crippen LogP contribution in [0.3, 0.4) is 0 Å². The number of halogens is 3. The number of nitrogens with one attached hydrogen (secondary N) is 3. The van der Waals surface area contributed by atoms with Crippen molar-refractivity contribution < 1.29 is 14.0 Å². The molecule has 6 nitrogen and oxygen atoms in total. The van der Waals surface area contributed by atoms with Crippen molar-refractivity contribution in [1.29, 1.82) is 0 Å². The van der Waals surface area contributed by atoms with Crippen molar-refractivity contribution in [3.8, 4) is 0 Å². The van der Waals surface area contributed by atoms with Gasteiger partial charge in [0.25, 0.3) is 5.91 Å². The highest BCUT2D eigenvalue weighted by Crippen LogP contribution is 2.27. The van der Waals surface area contributed by atoms with Crippen molar-refractivity contribution in [2.75, 3.05) is 23.7 Å². The molecule has 0 atom stereocenters. The van der Waals surface area contributed by atoms with Gasteiger partial charge in [0.1, 0.15) is 11.5 Å². The Morgan fingerprint density at radius 3 is 2.52 bits per heavy atom. The molecule has 0 saturated heterocycles. The summed E-state index contributed by atoms with van der Waals surface area (Å²) >= 11 is 0. The summed E-state index contributed by atoms with van der Waals surface area (Å²) in [6.45, 7) is 0.945. The molecule has 2 aromatic rings. The monoisotopic (exact) mass is 414 g/mol. The molecule has 1 heterocycles. The average molecular weight is 415 g/mol. The van der Waals surface area contributed by atoms with Crippen LogP contribution in [0.5, 0.6) is 0 Å². The molecular weight excluding hydrogens is 394 g/mol. The first-order chi connectivity index (χ1) is 12.1. The summed E-state index contributed by atoms with van der Waals surface area (Å²) in [6, 6.07) is 8.76. The fourth-order valence-electron chi connectivity index (χ4n) is 2.32. The molecule has 3 N–H and O–H groups in total. The van der Waals surface area contributed by atoms with Crippen LogP contribution in [0, 0.1) is 11.7 Å². The van der Waals surface area contributed by atoms with Gasteiger partial charge in [0.15, 0.2) is 0 Å². The summed E-state index contributed by atoms with van der Waals surface area (Å²) in [7, 11) is 0. The fraction of sp³-hybridized carbons (Fsp3) is 0.278. The molecule has 0 radical (unpaired) electrons. The minimum absolute atomic E-state index is 0. The number of carbonyl (C=O) groups excluding carboxylic acids is 2. The van der Waals surface area contributed by atoms with Crippen LogP contribution in [0.15, 0.2) is 42.6 Å². The lowest BCUT2D eigenvalue weighted by Crippen LogP contribution is -2.29. The van der Waals surface area contributed by atoms with E-state index in [1.807, 2.05) is 0 Å². The van der Waals surface area contributed by atoms with Gasteiger partial charge in [0.2, 0.25) is 5.91 Å². The van der Waals surface area contributed by atoms with E-state index in [9.17, 15) is 14.0 Å². The molecule has 0 aliphatic heterocycles. The van der Waals surface area contributed by atoms with E-state index in [0.717, 1.165) is 6.54 Å². The smallest absolute Gasteiger partial charge is 0.274 e. The zero-order valence-electron chi connectivity index (χ0n) is 14.4. The molecule has 0 unspecified atom stereocenters. The van der Waals surface area contributed by atoms with E-state index in [2.05, 4.69) is 20.9 Å².